The molecule has 2 aromatic rings. The normalized spacial score (nSPS) is 11.6. The van der Waals surface area contributed by atoms with Gasteiger partial charge < -0.3 is 9.88 Å². The van der Waals surface area contributed by atoms with E-state index < -0.39 is 0 Å². The van der Waals surface area contributed by atoms with Crippen LogP contribution in [-0.4, -0.2) is 22.0 Å². The SMILES string of the molecule is CC(C)CNC(=O)Cc1ccc2c(c1)nc(C(C)C)n2C. The predicted octanol–water partition coefficient (Wildman–Crippen LogP) is 3.01. The minimum absolute atomic E-state index is 0.0723. The van der Waals surface area contributed by atoms with Crippen LogP contribution in [0, 0.1) is 5.92 Å². The van der Waals surface area contributed by atoms with Crippen LogP contribution in [0.15, 0.2) is 18.2 Å². The van der Waals surface area contributed by atoms with Gasteiger partial charge in [-0.1, -0.05) is 33.8 Å². The number of nitrogens with one attached hydrogen (secondary N) is 1. The number of aryl methyl sites for hydroxylation is 1. The lowest BCUT2D eigenvalue weighted by molar-refractivity contribution is -0.120. The van der Waals surface area contributed by atoms with Crippen LogP contribution in [-0.2, 0) is 18.3 Å². The fourth-order valence-corrected chi connectivity index (χ4v) is 2.46. The topological polar surface area (TPSA) is 46.9 Å². The van der Waals surface area contributed by atoms with Crippen molar-refractivity contribution >= 4 is 16.9 Å². The largest absolute Gasteiger partial charge is 0.356 e. The molecule has 0 unspecified atom stereocenters. The molecular weight excluding hydrogens is 262 g/mol. The summed E-state index contributed by atoms with van der Waals surface area (Å²) in [6.07, 6.45) is 0.413. The van der Waals surface area contributed by atoms with Gasteiger partial charge in [0.15, 0.2) is 0 Å². The van der Waals surface area contributed by atoms with Gasteiger partial charge in [0.1, 0.15) is 5.82 Å². The molecule has 0 radical (unpaired) electrons. The molecule has 1 aromatic carbocycles. The van der Waals surface area contributed by atoms with Gasteiger partial charge in [0, 0.05) is 19.5 Å². The zero-order valence-electron chi connectivity index (χ0n) is 13.6. The van der Waals surface area contributed by atoms with E-state index in [4.69, 9.17) is 0 Å². The van der Waals surface area contributed by atoms with Crippen molar-refractivity contribution in [1.29, 1.82) is 0 Å². The number of aromatic nitrogens is 2. The Balaban J connectivity index is 2.17. The summed E-state index contributed by atoms with van der Waals surface area (Å²) in [5, 5.41) is 2.95. The molecule has 4 nitrogen and oxygen atoms in total. The molecule has 0 aliphatic carbocycles. The third-order valence-electron chi connectivity index (χ3n) is 3.57. The van der Waals surface area contributed by atoms with Gasteiger partial charge in [-0.3, -0.25) is 4.79 Å². The van der Waals surface area contributed by atoms with E-state index in [1.54, 1.807) is 0 Å². The highest BCUT2D eigenvalue weighted by Gasteiger charge is 2.12. The highest BCUT2D eigenvalue weighted by molar-refractivity contribution is 5.82. The van der Waals surface area contributed by atoms with Gasteiger partial charge in [-0.2, -0.15) is 0 Å². The van der Waals surface area contributed by atoms with Crippen LogP contribution < -0.4 is 5.32 Å². The maximum Gasteiger partial charge on any atom is 0.224 e. The van der Waals surface area contributed by atoms with E-state index in [1.807, 2.05) is 19.2 Å². The molecule has 0 spiro atoms. The lowest BCUT2D eigenvalue weighted by Gasteiger charge is -2.07. The van der Waals surface area contributed by atoms with Crippen LogP contribution in [0.1, 0.15) is 45.0 Å². The zero-order valence-corrected chi connectivity index (χ0v) is 13.6. The Kier molecular flexibility index (Phi) is 4.66. The first-order chi connectivity index (χ1) is 9.88. The summed E-state index contributed by atoms with van der Waals surface area (Å²) < 4.78 is 2.13. The third kappa shape index (κ3) is 3.63. The number of hydrogen-bond acceptors (Lipinski definition) is 2. The summed E-state index contributed by atoms with van der Waals surface area (Å²) in [7, 11) is 2.04. The minimum atomic E-state index is 0.0723. The summed E-state index contributed by atoms with van der Waals surface area (Å²) in [5.74, 6) is 2.01. The summed E-state index contributed by atoms with van der Waals surface area (Å²) in [5.41, 5.74) is 3.09. The summed E-state index contributed by atoms with van der Waals surface area (Å²) >= 11 is 0. The van der Waals surface area contributed by atoms with Crippen molar-refractivity contribution in [2.24, 2.45) is 13.0 Å². The van der Waals surface area contributed by atoms with Crippen molar-refractivity contribution in [3.05, 3.63) is 29.6 Å². The number of rotatable bonds is 5. The molecule has 0 fully saturated rings. The van der Waals surface area contributed by atoms with Crippen LogP contribution in [0.25, 0.3) is 11.0 Å². The van der Waals surface area contributed by atoms with Crippen LogP contribution >= 0.6 is 0 Å². The number of imidazole rings is 1. The second-order valence-corrected chi connectivity index (χ2v) is 6.38. The molecule has 4 heteroatoms. The van der Waals surface area contributed by atoms with Crippen molar-refractivity contribution in [1.82, 2.24) is 14.9 Å². The van der Waals surface area contributed by atoms with Crippen LogP contribution in [0.2, 0.25) is 0 Å². The van der Waals surface area contributed by atoms with Crippen LogP contribution in [0.5, 0.6) is 0 Å². The molecule has 0 aliphatic heterocycles. The quantitative estimate of drug-likeness (QED) is 0.919. The molecule has 0 bridgehead atoms. The zero-order chi connectivity index (χ0) is 15.6. The standard InChI is InChI=1S/C17H25N3O/c1-11(2)10-18-16(21)9-13-6-7-15-14(8-13)19-17(12(3)4)20(15)5/h6-8,11-12H,9-10H2,1-5H3,(H,18,21). The summed E-state index contributed by atoms with van der Waals surface area (Å²) in [4.78, 5) is 16.6. The molecular formula is C17H25N3O. The predicted molar refractivity (Wildman–Crippen MR) is 86.4 cm³/mol. The van der Waals surface area contributed by atoms with Gasteiger partial charge >= 0.3 is 0 Å². The van der Waals surface area contributed by atoms with Gasteiger partial charge in [-0.25, -0.2) is 4.98 Å². The Hall–Kier alpha value is -1.84. The Labute approximate surface area is 126 Å². The first-order valence-electron chi connectivity index (χ1n) is 7.60. The van der Waals surface area contributed by atoms with Gasteiger partial charge in [-0.15, -0.1) is 0 Å². The van der Waals surface area contributed by atoms with E-state index in [-0.39, 0.29) is 5.91 Å². The molecule has 114 valence electrons. The number of carbonyl (C=O) groups excluding carboxylic acids is 1. The second-order valence-electron chi connectivity index (χ2n) is 6.38. The summed E-state index contributed by atoms with van der Waals surface area (Å²) in [6, 6.07) is 6.10. The molecule has 2 rings (SSSR count). The number of fused-ring (bicyclic) bond motifs is 1. The van der Waals surface area contributed by atoms with Gasteiger partial charge in [0.05, 0.1) is 17.5 Å². The van der Waals surface area contributed by atoms with E-state index >= 15 is 0 Å². The molecule has 1 amide bonds. The maximum absolute atomic E-state index is 11.9. The smallest absolute Gasteiger partial charge is 0.224 e. The number of nitrogens with zero attached hydrogens (tertiary/aromatic N) is 2. The molecule has 0 atom stereocenters. The van der Waals surface area contributed by atoms with Crippen LogP contribution in [0.4, 0.5) is 0 Å². The fraction of sp³-hybridized carbons (Fsp3) is 0.529. The van der Waals surface area contributed by atoms with Gasteiger partial charge in [-0.05, 0) is 23.6 Å². The Bertz CT molecular complexity index is 641. The van der Waals surface area contributed by atoms with E-state index in [9.17, 15) is 4.79 Å². The molecule has 1 N–H and O–H groups in total. The Morgan fingerprint density at radius 1 is 1.29 bits per heavy atom. The molecule has 1 heterocycles. The van der Waals surface area contributed by atoms with Crippen molar-refractivity contribution in [2.45, 2.75) is 40.0 Å². The average molecular weight is 287 g/mol. The first kappa shape index (κ1) is 15.5. The number of amides is 1. The average Bonchev–Trinajstić information content (AvgIpc) is 2.73. The molecule has 1 aromatic heterocycles. The lowest BCUT2D eigenvalue weighted by Crippen LogP contribution is -2.28. The lowest BCUT2D eigenvalue weighted by atomic mass is 10.1. The van der Waals surface area contributed by atoms with E-state index in [1.165, 1.54) is 0 Å². The summed E-state index contributed by atoms with van der Waals surface area (Å²) in [6.45, 7) is 9.19. The van der Waals surface area contributed by atoms with Crippen molar-refractivity contribution in [3.8, 4) is 0 Å². The number of benzene rings is 1. The molecule has 0 saturated carbocycles. The van der Waals surface area contributed by atoms with Crippen molar-refractivity contribution < 1.29 is 4.79 Å². The Morgan fingerprint density at radius 2 is 2.00 bits per heavy atom. The van der Waals surface area contributed by atoms with E-state index in [0.717, 1.165) is 29.0 Å². The third-order valence-corrected chi connectivity index (χ3v) is 3.57. The maximum atomic E-state index is 11.9. The molecule has 21 heavy (non-hydrogen) atoms. The monoisotopic (exact) mass is 287 g/mol. The van der Waals surface area contributed by atoms with Crippen molar-refractivity contribution in [2.75, 3.05) is 6.54 Å². The Morgan fingerprint density at radius 3 is 2.62 bits per heavy atom. The van der Waals surface area contributed by atoms with Gasteiger partial charge in [0.2, 0.25) is 5.91 Å². The first-order valence-corrected chi connectivity index (χ1v) is 7.60. The van der Waals surface area contributed by atoms with E-state index in [0.29, 0.717) is 18.3 Å². The van der Waals surface area contributed by atoms with E-state index in [2.05, 4.69) is 48.6 Å². The van der Waals surface area contributed by atoms with Gasteiger partial charge in [0.25, 0.3) is 0 Å². The second kappa shape index (κ2) is 6.29. The number of hydrogen-bond donors (Lipinski definition) is 1. The van der Waals surface area contributed by atoms with Crippen molar-refractivity contribution in [3.63, 3.8) is 0 Å². The highest BCUT2D eigenvalue weighted by Crippen LogP contribution is 2.21. The molecule has 0 saturated heterocycles. The molecule has 0 aliphatic rings. The fourth-order valence-electron chi connectivity index (χ4n) is 2.46. The highest BCUT2D eigenvalue weighted by atomic mass is 16.1. The van der Waals surface area contributed by atoms with Crippen LogP contribution in [0.3, 0.4) is 0 Å². The number of carbonyl (C=O) groups is 1. The minimum Gasteiger partial charge on any atom is -0.356 e.